The Balaban J connectivity index is 1.78. The molecule has 1 N–H and O–H groups in total. The van der Waals surface area contributed by atoms with Gasteiger partial charge >= 0.3 is 0 Å². The van der Waals surface area contributed by atoms with Gasteiger partial charge in [0.05, 0.1) is 30.6 Å². The zero-order chi connectivity index (χ0) is 31.9. The highest BCUT2D eigenvalue weighted by molar-refractivity contribution is 9.09. The molecule has 1 aromatic rings. The fraction of sp³-hybridized carbons (Fsp3) is 0.618. The summed E-state index contributed by atoms with van der Waals surface area (Å²) in [4.78, 5) is 48.5. The van der Waals surface area contributed by atoms with Crippen molar-refractivity contribution in [1.29, 1.82) is 0 Å². The van der Waals surface area contributed by atoms with Crippen LogP contribution >= 0.6 is 15.9 Å². The fourth-order valence-electron chi connectivity index (χ4n) is 7.90. The van der Waals surface area contributed by atoms with E-state index in [4.69, 9.17) is 4.74 Å². The van der Waals surface area contributed by atoms with E-state index in [1.165, 1.54) is 4.90 Å². The minimum absolute atomic E-state index is 0.0677. The van der Waals surface area contributed by atoms with Crippen molar-refractivity contribution >= 4 is 33.7 Å². The number of hydrogen-bond acceptors (Lipinski definition) is 5. The predicted octanol–water partition coefficient (Wildman–Crippen LogP) is 4.56. The minimum atomic E-state index is -1.21. The summed E-state index contributed by atoms with van der Waals surface area (Å²) in [7, 11) is 0. The van der Waals surface area contributed by atoms with Crippen LogP contribution in [0.1, 0.15) is 59.9 Å². The SMILES string of the molecule is C=CCN(Cc1ccccc1)C(=O)[C@H]1[C@H]2C(=O)N([C@H](C)CO)C(C(=O)N(CC=C)C(C)(C)CC(C)(C)C)C23CC(Br)[C@@H]1O3. The molecule has 7 atom stereocenters. The van der Waals surface area contributed by atoms with Crippen molar-refractivity contribution in [2.45, 2.75) is 95.1 Å². The van der Waals surface area contributed by atoms with Crippen LogP contribution < -0.4 is 0 Å². The number of carbonyl (C=O) groups is 3. The molecular weight excluding hydrogens is 610 g/mol. The summed E-state index contributed by atoms with van der Waals surface area (Å²) in [5.74, 6) is -2.38. The molecule has 1 spiro atoms. The molecular formula is C34H48BrN3O5. The van der Waals surface area contributed by atoms with Crippen molar-refractivity contribution in [1.82, 2.24) is 14.7 Å². The molecule has 43 heavy (non-hydrogen) atoms. The smallest absolute Gasteiger partial charge is 0.249 e. The van der Waals surface area contributed by atoms with Crippen LogP contribution in [0.25, 0.3) is 0 Å². The maximum atomic E-state index is 14.8. The Labute approximate surface area is 265 Å². The third-order valence-electron chi connectivity index (χ3n) is 9.13. The van der Waals surface area contributed by atoms with Gasteiger partial charge in [-0.25, -0.2) is 0 Å². The van der Waals surface area contributed by atoms with Crippen LogP contribution in [-0.4, -0.2) is 91.4 Å². The van der Waals surface area contributed by atoms with Crippen LogP contribution in [0.4, 0.5) is 0 Å². The lowest BCUT2D eigenvalue weighted by atomic mass is 9.70. The molecule has 236 valence electrons. The molecule has 3 aliphatic rings. The number of fused-ring (bicyclic) bond motifs is 1. The minimum Gasteiger partial charge on any atom is -0.394 e. The first kappa shape index (κ1) is 33.4. The maximum absolute atomic E-state index is 14.8. The van der Waals surface area contributed by atoms with Gasteiger partial charge in [-0.15, -0.1) is 13.2 Å². The Kier molecular flexibility index (Phi) is 9.70. The molecule has 0 aromatic heterocycles. The van der Waals surface area contributed by atoms with Crippen LogP contribution in [0.3, 0.4) is 0 Å². The second kappa shape index (κ2) is 12.5. The summed E-state index contributed by atoms with van der Waals surface area (Å²) < 4.78 is 6.74. The van der Waals surface area contributed by atoms with E-state index in [-0.39, 0.29) is 34.6 Å². The summed E-state index contributed by atoms with van der Waals surface area (Å²) in [5.41, 5.74) is -0.872. The molecule has 3 saturated heterocycles. The van der Waals surface area contributed by atoms with E-state index in [9.17, 15) is 19.5 Å². The number of alkyl halides is 1. The zero-order valence-electron chi connectivity index (χ0n) is 26.5. The van der Waals surface area contributed by atoms with Gasteiger partial charge in [-0.2, -0.15) is 0 Å². The lowest BCUT2D eigenvalue weighted by Crippen LogP contribution is -2.62. The van der Waals surface area contributed by atoms with Crippen LogP contribution in [0.2, 0.25) is 0 Å². The van der Waals surface area contributed by atoms with Gasteiger partial charge in [-0.3, -0.25) is 14.4 Å². The average molecular weight is 659 g/mol. The number of ether oxygens (including phenoxy) is 1. The first-order valence-electron chi connectivity index (χ1n) is 15.2. The summed E-state index contributed by atoms with van der Waals surface area (Å²) >= 11 is 3.77. The highest BCUT2D eigenvalue weighted by Gasteiger charge is 2.77. The van der Waals surface area contributed by atoms with E-state index in [1.54, 1.807) is 28.9 Å². The number of rotatable bonds is 12. The van der Waals surface area contributed by atoms with Crippen molar-refractivity contribution in [3.63, 3.8) is 0 Å². The van der Waals surface area contributed by atoms with E-state index in [0.29, 0.717) is 32.5 Å². The van der Waals surface area contributed by atoms with E-state index >= 15 is 0 Å². The maximum Gasteiger partial charge on any atom is 0.249 e. The van der Waals surface area contributed by atoms with Crippen molar-refractivity contribution in [3.8, 4) is 0 Å². The standard InChI is InChI=1S/C34H48BrN3O5/c1-9-16-36(19-23-14-12-11-13-15-23)29(40)25-26-30(41)38(22(3)20-39)28(34(26)18-24(35)27(25)43-34)31(42)37(17-10-2)33(7,8)21-32(4,5)6/h9-15,22,24-28,39H,1-2,16-21H2,3-8H3/t22-,24?,25+,26+,27+,28?,34?/m1/s1. The van der Waals surface area contributed by atoms with Gasteiger partial charge in [0.25, 0.3) is 0 Å². The molecule has 9 heteroatoms. The Morgan fingerprint density at radius 1 is 1.14 bits per heavy atom. The molecule has 2 bridgehead atoms. The first-order valence-corrected chi connectivity index (χ1v) is 16.2. The molecule has 0 radical (unpaired) electrons. The Morgan fingerprint density at radius 2 is 1.77 bits per heavy atom. The zero-order valence-corrected chi connectivity index (χ0v) is 28.0. The van der Waals surface area contributed by atoms with Gasteiger partial charge in [0.15, 0.2) is 0 Å². The topological polar surface area (TPSA) is 90.4 Å². The van der Waals surface area contributed by atoms with Crippen molar-refractivity contribution in [2.75, 3.05) is 19.7 Å². The number of carbonyl (C=O) groups excluding carboxylic acids is 3. The summed E-state index contributed by atoms with van der Waals surface area (Å²) in [6.07, 6.45) is 3.95. The largest absolute Gasteiger partial charge is 0.394 e. The molecule has 3 unspecified atom stereocenters. The quantitative estimate of drug-likeness (QED) is 0.263. The Bertz CT molecular complexity index is 1230. The van der Waals surface area contributed by atoms with Gasteiger partial charge in [0, 0.05) is 30.0 Å². The second-order valence-corrected chi connectivity index (χ2v) is 15.4. The molecule has 3 heterocycles. The highest BCUT2D eigenvalue weighted by Crippen LogP contribution is 2.61. The number of hydrogen-bond donors (Lipinski definition) is 1. The van der Waals surface area contributed by atoms with E-state index < -0.39 is 41.2 Å². The second-order valence-electron chi connectivity index (χ2n) is 14.2. The summed E-state index contributed by atoms with van der Waals surface area (Å²) in [6, 6.07) is 8.07. The van der Waals surface area contributed by atoms with Gasteiger partial charge in [-0.1, -0.05) is 79.2 Å². The van der Waals surface area contributed by atoms with Crippen molar-refractivity contribution in [2.24, 2.45) is 17.3 Å². The number of likely N-dealkylation sites (tertiary alicyclic amines) is 1. The lowest BCUT2D eigenvalue weighted by Gasteiger charge is -2.46. The van der Waals surface area contributed by atoms with Crippen LogP contribution in [-0.2, 0) is 25.7 Å². The molecule has 8 nitrogen and oxygen atoms in total. The third-order valence-corrected chi connectivity index (χ3v) is 9.98. The van der Waals surface area contributed by atoms with E-state index in [1.807, 2.05) is 44.2 Å². The monoisotopic (exact) mass is 657 g/mol. The number of aliphatic hydroxyl groups excluding tert-OH is 1. The first-order chi connectivity index (χ1) is 20.1. The van der Waals surface area contributed by atoms with Crippen molar-refractivity contribution < 1.29 is 24.2 Å². The molecule has 3 aliphatic heterocycles. The van der Waals surface area contributed by atoms with Crippen LogP contribution in [0.5, 0.6) is 0 Å². The molecule has 1 aromatic carbocycles. The summed E-state index contributed by atoms with van der Waals surface area (Å²) in [6.45, 7) is 20.7. The predicted molar refractivity (Wildman–Crippen MR) is 171 cm³/mol. The van der Waals surface area contributed by atoms with Crippen molar-refractivity contribution in [3.05, 3.63) is 61.2 Å². The summed E-state index contributed by atoms with van der Waals surface area (Å²) in [5, 5.41) is 10.3. The van der Waals surface area contributed by atoms with E-state index in [2.05, 4.69) is 49.9 Å². The number of aliphatic hydroxyl groups is 1. The highest BCUT2D eigenvalue weighted by atomic mass is 79.9. The van der Waals surface area contributed by atoms with Gasteiger partial charge in [-0.05, 0) is 44.6 Å². The van der Waals surface area contributed by atoms with Gasteiger partial charge in [0.1, 0.15) is 11.6 Å². The Morgan fingerprint density at radius 3 is 2.33 bits per heavy atom. The fourth-order valence-corrected chi connectivity index (χ4v) is 8.84. The number of halogens is 1. The van der Waals surface area contributed by atoms with E-state index in [0.717, 1.165) is 5.56 Å². The molecule has 0 aliphatic carbocycles. The molecule has 3 fully saturated rings. The molecule has 4 rings (SSSR count). The number of nitrogens with zero attached hydrogens (tertiary/aromatic N) is 3. The number of amides is 3. The normalized spacial score (nSPS) is 28.9. The Hall–Kier alpha value is -2.49. The van der Waals surface area contributed by atoms with Gasteiger partial charge in [0.2, 0.25) is 17.7 Å². The number of benzene rings is 1. The lowest BCUT2D eigenvalue weighted by molar-refractivity contribution is -0.155. The molecule has 3 amide bonds. The van der Waals surface area contributed by atoms with Crippen LogP contribution in [0, 0.1) is 17.3 Å². The molecule has 0 saturated carbocycles. The average Bonchev–Trinajstić information content (AvgIpc) is 3.52. The van der Waals surface area contributed by atoms with Gasteiger partial charge < -0.3 is 24.5 Å². The van der Waals surface area contributed by atoms with Crippen LogP contribution in [0.15, 0.2) is 55.6 Å². The third kappa shape index (κ3) is 6.09.